The summed E-state index contributed by atoms with van der Waals surface area (Å²) in [6.07, 6.45) is -4.73. The van der Waals surface area contributed by atoms with E-state index < -0.39 is 30.8 Å². The molecule has 1 fully saturated rings. The Kier molecular flexibility index (Phi) is 7.44. The normalized spacial score (nSPS) is 20.2. The molecule has 0 saturated heterocycles. The molecular weight excluding hydrogens is 501 g/mol. The lowest BCUT2D eigenvalue weighted by Crippen LogP contribution is -2.52. The molecule has 3 aromatic rings. The fraction of sp³-hybridized carbons (Fsp3) is 0.417. The minimum absolute atomic E-state index is 0.0691. The smallest absolute Gasteiger partial charge is 0.405 e. The van der Waals surface area contributed by atoms with E-state index in [9.17, 15) is 31.9 Å². The van der Waals surface area contributed by atoms with Crippen LogP contribution in [0.15, 0.2) is 42.6 Å². The van der Waals surface area contributed by atoms with Crippen molar-refractivity contribution in [3.05, 3.63) is 53.9 Å². The number of pyridine rings is 1. The Labute approximate surface area is 208 Å². The monoisotopic (exact) mass is 527 g/mol. The second-order valence-corrected chi connectivity index (χ2v) is 8.89. The molecule has 1 amide bonds. The third-order valence-electron chi connectivity index (χ3n) is 6.20. The summed E-state index contributed by atoms with van der Waals surface area (Å²) in [6, 6.07) is 8.96. The van der Waals surface area contributed by atoms with Gasteiger partial charge in [-0.3, -0.25) is 9.20 Å². The number of rotatable bonds is 8. The molecule has 1 saturated carbocycles. The number of anilines is 2. The molecule has 0 unspecified atom stereocenters. The zero-order chi connectivity index (χ0) is 26.8. The lowest BCUT2D eigenvalue weighted by molar-refractivity contribution is -0.115. The van der Waals surface area contributed by atoms with Crippen molar-refractivity contribution in [1.82, 2.24) is 14.7 Å². The number of methoxy groups -OCH3 is 1. The number of halogens is 5. The van der Waals surface area contributed by atoms with Crippen LogP contribution in [0.2, 0.25) is 0 Å². The first-order valence-electron chi connectivity index (χ1n) is 11.5. The maximum atomic E-state index is 13.0. The number of nitrogens with one attached hydrogen (secondary N) is 3. The van der Waals surface area contributed by atoms with Gasteiger partial charge >= 0.3 is 6.18 Å². The molecule has 1 aromatic carbocycles. The molecule has 0 aliphatic heterocycles. The van der Waals surface area contributed by atoms with E-state index in [4.69, 9.17) is 4.74 Å². The van der Waals surface area contributed by atoms with Gasteiger partial charge in [0.05, 0.1) is 18.4 Å². The van der Waals surface area contributed by atoms with Gasteiger partial charge in [0.1, 0.15) is 35.2 Å². The fourth-order valence-corrected chi connectivity index (χ4v) is 4.29. The molecule has 2 aromatic heterocycles. The van der Waals surface area contributed by atoms with Crippen LogP contribution < -0.4 is 20.7 Å². The molecule has 1 aliphatic carbocycles. The van der Waals surface area contributed by atoms with Gasteiger partial charge in [-0.2, -0.15) is 13.2 Å². The molecule has 13 heteroatoms. The van der Waals surface area contributed by atoms with Crippen LogP contribution in [0.4, 0.5) is 33.5 Å². The maximum absolute atomic E-state index is 13.0. The van der Waals surface area contributed by atoms with Gasteiger partial charge in [0, 0.05) is 18.3 Å². The van der Waals surface area contributed by atoms with Crippen molar-refractivity contribution in [3.63, 3.8) is 0 Å². The summed E-state index contributed by atoms with van der Waals surface area (Å²) in [5.74, 6) is 0.0963. The van der Waals surface area contributed by atoms with Crippen LogP contribution in [-0.4, -0.2) is 52.0 Å². The van der Waals surface area contributed by atoms with E-state index >= 15 is 0 Å². The average molecular weight is 527 g/mol. The molecule has 8 nitrogen and oxygen atoms in total. The van der Waals surface area contributed by atoms with E-state index in [1.54, 1.807) is 18.2 Å². The lowest BCUT2D eigenvalue weighted by atomic mass is 9.87. The number of alkyl halides is 5. The molecule has 2 heterocycles. The number of carbonyl (C=O) groups is 1. The number of carbonyl (C=O) groups excluding carboxylic acids is 1. The highest BCUT2D eigenvalue weighted by atomic mass is 19.4. The van der Waals surface area contributed by atoms with Gasteiger partial charge in [-0.25, -0.2) is 13.8 Å². The molecular formula is C24H26F5N5O3. The molecule has 1 aliphatic rings. The maximum Gasteiger partial charge on any atom is 0.405 e. The Bertz CT molecular complexity index is 1260. The first-order chi connectivity index (χ1) is 17.5. The number of aliphatic hydroxyl groups is 1. The minimum Gasteiger partial charge on any atom is -0.497 e. The summed E-state index contributed by atoms with van der Waals surface area (Å²) >= 11 is 0. The zero-order valence-corrected chi connectivity index (χ0v) is 19.8. The molecule has 0 atom stereocenters. The molecule has 0 bridgehead atoms. The minimum atomic E-state index is -4.50. The average Bonchev–Trinajstić information content (AvgIpc) is 3.29. The van der Waals surface area contributed by atoms with Gasteiger partial charge in [0.25, 0.3) is 12.3 Å². The van der Waals surface area contributed by atoms with Gasteiger partial charge in [-0.15, -0.1) is 0 Å². The number of aromatic nitrogens is 2. The Morgan fingerprint density at radius 1 is 1.24 bits per heavy atom. The summed E-state index contributed by atoms with van der Waals surface area (Å²) in [7, 11) is 1.35. The molecule has 4 rings (SSSR count). The lowest BCUT2D eigenvalue weighted by Gasteiger charge is -2.37. The van der Waals surface area contributed by atoms with E-state index in [0.29, 0.717) is 24.3 Å². The standard InChI is InChI=1S/C24H26F5N5O3/c1-37-15-5-6-16(17(11-15)30-13-24(27,28)29)22(35)33-23(36)9-7-14(8-10-23)31-19-3-2-4-20-32-18(21(25)26)12-34(19)20/h2-6,11-12,14,21,30-31,36H,7-10,13H2,1H3,(H,33,35). The van der Waals surface area contributed by atoms with Crippen molar-refractivity contribution in [2.24, 2.45) is 0 Å². The van der Waals surface area contributed by atoms with Crippen molar-refractivity contribution < 1.29 is 36.6 Å². The van der Waals surface area contributed by atoms with Gasteiger partial charge in [-0.1, -0.05) is 6.07 Å². The Hall–Kier alpha value is -3.61. The highest BCUT2D eigenvalue weighted by molar-refractivity contribution is 6.00. The number of nitrogens with zero attached hydrogens (tertiary/aromatic N) is 2. The summed E-state index contributed by atoms with van der Waals surface area (Å²) in [4.78, 5) is 16.8. The van der Waals surface area contributed by atoms with Gasteiger partial charge in [0.15, 0.2) is 0 Å². The van der Waals surface area contributed by atoms with Crippen molar-refractivity contribution in [2.75, 3.05) is 24.3 Å². The zero-order valence-electron chi connectivity index (χ0n) is 19.8. The highest BCUT2D eigenvalue weighted by Gasteiger charge is 2.36. The van der Waals surface area contributed by atoms with E-state index in [-0.39, 0.29) is 41.6 Å². The summed E-state index contributed by atoms with van der Waals surface area (Å²) < 4.78 is 70.8. The summed E-state index contributed by atoms with van der Waals surface area (Å²) in [5, 5.41) is 19.0. The summed E-state index contributed by atoms with van der Waals surface area (Å²) in [5.41, 5.74) is -1.68. The number of ether oxygens (including phenoxy) is 1. The molecule has 4 N–H and O–H groups in total. The van der Waals surface area contributed by atoms with Crippen molar-refractivity contribution in [1.29, 1.82) is 0 Å². The van der Waals surface area contributed by atoms with Crippen LogP contribution in [0.25, 0.3) is 5.65 Å². The second kappa shape index (κ2) is 10.4. The number of benzene rings is 1. The van der Waals surface area contributed by atoms with Crippen LogP contribution in [0.5, 0.6) is 5.75 Å². The fourth-order valence-electron chi connectivity index (χ4n) is 4.29. The molecule has 0 radical (unpaired) electrons. The second-order valence-electron chi connectivity index (χ2n) is 8.89. The number of hydrogen-bond donors (Lipinski definition) is 4. The van der Waals surface area contributed by atoms with E-state index in [1.165, 1.54) is 35.9 Å². The highest BCUT2D eigenvalue weighted by Crippen LogP contribution is 2.31. The first-order valence-corrected chi connectivity index (χ1v) is 11.5. The van der Waals surface area contributed by atoms with E-state index in [2.05, 4.69) is 20.9 Å². The molecule has 0 spiro atoms. The Morgan fingerprint density at radius 2 is 1.97 bits per heavy atom. The van der Waals surface area contributed by atoms with Crippen molar-refractivity contribution >= 4 is 23.1 Å². The number of imidazole rings is 1. The third kappa shape index (κ3) is 6.40. The Balaban J connectivity index is 1.41. The van der Waals surface area contributed by atoms with Gasteiger partial charge in [0.2, 0.25) is 0 Å². The van der Waals surface area contributed by atoms with Crippen molar-refractivity contribution in [3.8, 4) is 5.75 Å². The van der Waals surface area contributed by atoms with Crippen LogP contribution in [0, 0.1) is 0 Å². The topological polar surface area (TPSA) is 99.9 Å². The largest absolute Gasteiger partial charge is 0.497 e. The number of fused-ring (bicyclic) bond motifs is 1. The first kappa shape index (κ1) is 26.5. The van der Waals surface area contributed by atoms with Crippen LogP contribution in [0.1, 0.15) is 48.2 Å². The van der Waals surface area contributed by atoms with Crippen molar-refractivity contribution in [2.45, 2.75) is 50.1 Å². The Morgan fingerprint density at radius 3 is 2.62 bits per heavy atom. The predicted octanol–water partition coefficient (Wildman–Crippen LogP) is 4.73. The van der Waals surface area contributed by atoms with Crippen LogP contribution in [0.3, 0.4) is 0 Å². The molecule has 200 valence electrons. The van der Waals surface area contributed by atoms with Gasteiger partial charge < -0.3 is 25.8 Å². The van der Waals surface area contributed by atoms with E-state index in [0.717, 1.165) is 0 Å². The number of amides is 1. The quantitative estimate of drug-likeness (QED) is 0.250. The van der Waals surface area contributed by atoms with Crippen LogP contribution in [-0.2, 0) is 0 Å². The third-order valence-corrected chi connectivity index (χ3v) is 6.20. The van der Waals surface area contributed by atoms with Crippen LogP contribution >= 0.6 is 0 Å². The predicted molar refractivity (Wildman–Crippen MR) is 126 cm³/mol. The SMILES string of the molecule is COc1ccc(C(=O)NC2(O)CCC(Nc3cccc4nc(C(F)F)cn34)CC2)c(NCC(F)(F)F)c1. The van der Waals surface area contributed by atoms with E-state index in [1.807, 2.05) is 0 Å². The van der Waals surface area contributed by atoms with Gasteiger partial charge in [-0.05, 0) is 49.9 Å². The summed E-state index contributed by atoms with van der Waals surface area (Å²) in [6.45, 7) is -1.35. The molecule has 37 heavy (non-hydrogen) atoms. The number of hydrogen-bond acceptors (Lipinski definition) is 6.